The van der Waals surface area contributed by atoms with Crippen LogP contribution in [0.4, 0.5) is 0 Å². The van der Waals surface area contributed by atoms with Crippen LogP contribution in [0.2, 0.25) is 0 Å². The number of allylic oxidation sites excluding steroid dienone is 2. The smallest absolute Gasteiger partial charge is 0.472 e. The lowest BCUT2D eigenvalue weighted by Crippen LogP contribution is -2.34. The zero-order chi connectivity index (χ0) is 35.0. The van der Waals surface area contributed by atoms with Gasteiger partial charge in [0.1, 0.15) is 12.6 Å². The van der Waals surface area contributed by atoms with E-state index in [4.69, 9.17) is 24.8 Å². The minimum absolute atomic E-state index is 0.154. The lowest BCUT2D eigenvalue weighted by molar-refractivity contribution is -0.161. The molecule has 0 spiro atoms. The first-order valence-electron chi connectivity index (χ1n) is 18.2. The van der Waals surface area contributed by atoms with Gasteiger partial charge in [0.05, 0.1) is 13.2 Å². The normalized spacial score (nSPS) is 14.1. The Balaban J connectivity index is 4.46. The summed E-state index contributed by atoms with van der Waals surface area (Å²) >= 11 is 0. The zero-order valence-corrected chi connectivity index (χ0v) is 30.3. The van der Waals surface area contributed by atoms with Gasteiger partial charge >= 0.3 is 25.7 Å². The van der Waals surface area contributed by atoms with Gasteiger partial charge in [0, 0.05) is 12.8 Å². The highest BCUT2D eigenvalue weighted by molar-refractivity contribution is 7.47. The maximum Gasteiger partial charge on any atom is 0.472 e. The van der Waals surface area contributed by atoms with E-state index < -0.39 is 51.1 Å². The molecule has 0 amide bonds. The first-order valence-corrected chi connectivity index (χ1v) is 19.7. The van der Waals surface area contributed by atoms with Crippen molar-refractivity contribution in [3.63, 3.8) is 0 Å². The third-order valence-corrected chi connectivity index (χ3v) is 8.71. The van der Waals surface area contributed by atoms with Crippen LogP contribution in [0.5, 0.6) is 0 Å². The molecule has 3 atom stereocenters. The van der Waals surface area contributed by atoms with Crippen LogP contribution in [0.25, 0.3) is 0 Å². The molecule has 47 heavy (non-hydrogen) atoms. The van der Waals surface area contributed by atoms with E-state index in [1.54, 1.807) is 0 Å². The average molecular weight is 692 g/mol. The fraction of sp³-hybridized carbons (Fsp3) is 0.857. The van der Waals surface area contributed by atoms with Crippen molar-refractivity contribution in [2.24, 2.45) is 5.73 Å². The first-order chi connectivity index (χ1) is 22.6. The van der Waals surface area contributed by atoms with Crippen molar-refractivity contribution in [2.75, 3.05) is 19.8 Å². The van der Waals surface area contributed by atoms with E-state index in [9.17, 15) is 23.8 Å². The van der Waals surface area contributed by atoms with E-state index in [1.165, 1.54) is 64.2 Å². The molecular weight excluding hydrogens is 625 g/mol. The molecule has 0 aliphatic rings. The predicted octanol–water partition coefficient (Wildman–Crippen LogP) is 8.56. The molecule has 0 aliphatic heterocycles. The van der Waals surface area contributed by atoms with Gasteiger partial charge in [0.2, 0.25) is 0 Å². The number of hydrogen-bond acceptors (Lipinski definition) is 9. The number of unbranched alkanes of at least 4 members (excludes halogenated alkanes) is 18. The van der Waals surface area contributed by atoms with E-state index in [0.717, 1.165) is 57.8 Å². The lowest BCUT2D eigenvalue weighted by atomic mass is 10.1. The Hall–Kier alpha value is -1.78. The van der Waals surface area contributed by atoms with E-state index in [-0.39, 0.29) is 19.4 Å². The number of carbonyl (C=O) groups excluding carboxylic acids is 2. The van der Waals surface area contributed by atoms with Crippen LogP contribution in [-0.4, -0.2) is 59.9 Å². The Morgan fingerprint density at radius 3 is 1.55 bits per heavy atom. The number of carbonyl (C=O) groups is 3. The molecule has 0 heterocycles. The molecule has 0 aromatic rings. The van der Waals surface area contributed by atoms with Crippen molar-refractivity contribution >= 4 is 25.7 Å². The topological polar surface area (TPSA) is 172 Å². The SMILES string of the molecule is CCCCCCC/C=C\CCCCCCCC(=O)OC(COC(=O)CCCCCCCCCCC)COP(=O)(O)OCC(N)C(=O)O. The van der Waals surface area contributed by atoms with Crippen molar-refractivity contribution in [3.8, 4) is 0 Å². The number of esters is 2. The summed E-state index contributed by atoms with van der Waals surface area (Å²) in [6, 6.07) is -1.52. The van der Waals surface area contributed by atoms with Gasteiger partial charge in [-0.2, -0.15) is 0 Å². The van der Waals surface area contributed by atoms with E-state index in [0.29, 0.717) is 12.8 Å². The second-order valence-electron chi connectivity index (χ2n) is 12.4. The fourth-order valence-corrected chi connectivity index (χ4v) is 5.60. The third-order valence-electron chi connectivity index (χ3n) is 7.76. The van der Waals surface area contributed by atoms with E-state index in [1.807, 2.05) is 0 Å². The Kier molecular flexibility index (Phi) is 30.3. The van der Waals surface area contributed by atoms with Crippen molar-refractivity contribution in [1.29, 1.82) is 0 Å². The Morgan fingerprint density at radius 2 is 1.06 bits per heavy atom. The van der Waals surface area contributed by atoms with Gasteiger partial charge in [-0.3, -0.25) is 23.4 Å². The second kappa shape index (κ2) is 31.5. The number of ether oxygens (including phenoxy) is 2. The highest BCUT2D eigenvalue weighted by Crippen LogP contribution is 2.43. The van der Waals surface area contributed by atoms with Gasteiger partial charge in [-0.05, 0) is 38.5 Å². The molecule has 0 rings (SSSR count). The number of carboxylic acid groups (broad SMARTS) is 1. The molecule has 11 nitrogen and oxygen atoms in total. The number of aliphatic carboxylic acids is 1. The third kappa shape index (κ3) is 31.3. The summed E-state index contributed by atoms with van der Waals surface area (Å²) in [5.74, 6) is -2.39. The Labute approximate surface area is 284 Å². The molecule has 0 aliphatic carbocycles. The number of rotatable bonds is 34. The highest BCUT2D eigenvalue weighted by Gasteiger charge is 2.28. The van der Waals surface area contributed by atoms with Gasteiger partial charge in [0.15, 0.2) is 6.10 Å². The summed E-state index contributed by atoms with van der Waals surface area (Å²) in [6.45, 7) is 2.74. The molecule has 12 heteroatoms. The molecule has 0 saturated carbocycles. The number of nitrogens with two attached hydrogens (primary N) is 1. The van der Waals surface area contributed by atoms with Crippen molar-refractivity contribution in [1.82, 2.24) is 0 Å². The van der Waals surface area contributed by atoms with Crippen LogP contribution in [0.15, 0.2) is 12.2 Å². The van der Waals surface area contributed by atoms with Crippen molar-refractivity contribution in [2.45, 2.75) is 174 Å². The van der Waals surface area contributed by atoms with Gasteiger partial charge in [-0.15, -0.1) is 0 Å². The number of carboxylic acids is 1. The minimum atomic E-state index is -4.70. The molecule has 3 unspecified atom stereocenters. The summed E-state index contributed by atoms with van der Waals surface area (Å²) in [5.41, 5.74) is 5.30. The van der Waals surface area contributed by atoms with Crippen molar-refractivity contribution in [3.05, 3.63) is 12.2 Å². The summed E-state index contributed by atoms with van der Waals surface area (Å²) in [6.07, 6.45) is 27.2. The number of phosphoric acid groups is 1. The highest BCUT2D eigenvalue weighted by atomic mass is 31.2. The van der Waals surface area contributed by atoms with Crippen LogP contribution >= 0.6 is 7.82 Å². The minimum Gasteiger partial charge on any atom is -0.480 e. The van der Waals surface area contributed by atoms with Crippen LogP contribution in [-0.2, 0) is 37.5 Å². The van der Waals surface area contributed by atoms with E-state index in [2.05, 4.69) is 30.5 Å². The van der Waals surface area contributed by atoms with Crippen LogP contribution in [0.3, 0.4) is 0 Å². The summed E-state index contributed by atoms with van der Waals surface area (Å²) in [5, 5.41) is 8.84. The molecule has 0 aromatic carbocycles. The monoisotopic (exact) mass is 691 g/mol. The largest absolute Gasteiger partial charge is 0.480 e. The molecular formula is C35H66NO10P. The zero-order valence-electron chi connectivity index (χ0n) is 29.4. The summed E-state index contributed by atoms with van der Waals surface area (Å²) in [7, 11) is -4.70. The van der Waals surface area contributed by atoms with E-state index >= 15 is 0 Å². The predicted molar refractivity (Wildman–Crippen MR) is 185 cm³/mol. The molecule has 0 aromatic heterocycles. The Bertz CT molecular complexity index is 869. The standard InChI is InChI=1S/C35H66NO10P/c1-3-5-7-9-11-13-14-15-16-17-19-21-23-25-27-34(38)46-31(29-44-47(41,42)45-30-32(36)35(39)40)28-43-33(37)26-24-22-20-18-12-10-8-6-4-2/h14-15,31-32H,3-13,16-30,36H2,1-2H3,(H,39,40)(H,41,42)/b15-14-. The van der Waals surface area contributed by atoms with Crippen molar-refractivity contribution < 1.29 is 47.5 Å². The van der Waals surface area contributed by atoms with Crippen LogP contribution in [0.1, 0.15) is 162 Å². The van der Waals surface area contributed by atoms with Crippen LogP contribution in [0, 0.1) is 0 Å². The maximum absolute atomic E-state index is 12.5. The number of hydrogen-bond donors (Lipinski definition) is 3. The summed E-state index contributed by atoms with van der Waals surface area (Å²) in [4.78, 5) is 45.6. The molecule has 0 saturated heterocycles. The Morgan fingerprint density at radius 1 is 0.638 bits per heavy atom. The molecule has 0 bridgehead atoms. The second-order valence-corrected chi connectivity index (χ2v) is 13.8. The molecule has 4 N–H and O–H groups in total. The molecule has 0 radical (unpaired) electrons. The lowest BCUT2D eigenvalue weighted by Gasteiger charge is -2.20. The van der Waals surface area contributed by atoms with Gasteiger partial charge in [-0.25, -0.2) is 4.57 Å². The quantitative estimate of drug-likeness (QED) is 0.0255. The van der Waals surface area contributed by atoms with Gasteiger partial charge in [-0.1, -0.05) is 122 Å². The number of phosphoric ester groups is 1. The maximum atomic E-state index is 12.5. The van der Waals surface area contributed by atoms with Crippen LogP contribution < -0.4 is 5.73 Å². The molecule has 276 valence electrons. The molecule has 0 fully saturated rings. The van der Waals surface area contributed by atoms with Gasteiger partial charge in [0.25, 0.3) is 0 Å². The first kappa shape index (κ1) is 45.2. The average Bonchev–Trinajstić information content (AvgIpc) is 3.04. The fourth-order valence-electron chi connectivity index (χ4n) is 4.82. The van der Waals surface area contributed by atoms with Gasteiger partial charge < -0.3 is 25.2 Å². The summed E-state index contributed by atoms with van der Waals surface area (Å²) < 4.78 is 32.4.